The molecule has 0 spiro atoms. The molecule has 1 aromatic rings. The molecule has 1 saturated heterocycles. The second-order valence-corrected chi connectivity index (χ2v) is 6.30. The SMILES string of the molecule is CC(C)N1CCCC(CCCc2cnccn2)(C(=O)O)C1. The van der Waals surface area contributed by atoms with E-state index in [1.54, 1.807) is 18.6 Å². The highest BCUT2D eigenvalue weighted by Crippen LogP contribution is 2.36. The summed E-state index contributed by atoms with van der Waals surface area (Å²) in [7, 11) is 0. The maximum absolute atomic E-state index is 11.8. The van der Waals surface area contributed by atoms with Gasteiger partial charge in [-0.3, -0.25) is 19.7 Å². The van der Waals surface area contributed by atoms with E-state index >= 15 is 0 Å². The lowest BCUT2D eigenvalue weighted by Gasteiger charge is -2.42. The summed E-state index contributed by atoms with van der Waals surface area (Å²) in [6.45, 7) is 5.95. The van der Waals surface area contributed by atoms with E-state index in [0.717, 1.165) is 37.9 Å². The number of carboxylic acids is 1. The largest absolute Gasteiger partial charge is 0.481 e. The average Bonchev–Trinajstić information content (AvgIpc) is 2.48. The van der Waals surface area contributed by atoms with Gasteiger partial charge in [-0.1, -0.05) is 0 Å². The predicted octanol–water partition coefficient (Wildman–Crippen LogP) is 2.37. The third kappa shape index (κ3) is 4.00. The van der Waals surface area contributed by atoms with Gasteiger partial charge in [0.25, 0.3) is 0 Å². The number of likely N-dealkylation sites (tertiary alicyclic amines) is 1. The molecule has 1 atom stereocenters. The zero-order valence-corrected chi connectivity index (χ0v) is 13.0. The summed E-state index contributed by atoms with van der Waals surface area (Å²) < 4.78 is 0. The minimum absolute atomic E-state index is 0.406. The first-order valence-electron chi connectivity index (χ1n) is 7.76. The van der Waals surface area contributed by atoms with Crippen LogP contribution < -0.4 is 0 Å². The number of carbonyl (C=O) groups is 1. The van der Waals surface area contributed by atoms with Crippen molar-refractivity contribution in [3.63, 3.8) is 0 Å². The van der Waals surface area contributed by atoms with Gasteiger partial charge in [-0.15, -0.1) is 0 Å². The Bertz CT molecular complexity index is 464. The van der Waals surface area contributed by atoms with Crippen LogP contribution in [0.1, 0.15) is 45.2 Å². The van der Waals surface area contributed by atoms with Crippen LogP contribution in [0.25, 0.3) is 0 Å². The smallest absolute Gasteiger partial charge is 0.310 e. The van der Waals surface area contributed by atoms with E-state index in [-0.39, 0.29) is 0 Å². The summed E-state index contributed by atoms with van der Waals surface area (Å²) in [5.41, 5.74) is 0.347. The molecule has 0 radical (unpaired) electrons. The molecule has 116 valence electrons. The van der Waals surface area contributed by atoms with Crippen LogP contribution in [0, 0.1) is 5.41 Å². The fourth-order valence-corrected chi connectivity index (χ4v) is 3.16. The molecule has 0 saturated carbocycles. The maximum atomic E-state index is 11.8. The molecule has 5 nitrogen and oxygen atoms in total. The molecule has 1 fully saturated rings. The van der Waals surface area contributed by atoms with Crippen molar-refractivity contribution < 1.29 is 9.90 Å². The zero-order chi connectivity index (χ0) is 15.3. The van der Waals surface area contributed by atoms with Crippen LogP contribution in [-0.4, -0.2) is 45.1 Å². The molecule has 2 heterocycles. The second kappa shape index (κ2) is 6.98. The third-order valence-corrected chi connectivity index (χ3v) is 4.50. The fourth-order valence-electron chi connectivity index (χ4n) is 3.16. The van der Waals surface area contributed by atoms with Gasteiger partial charge in [-0.05, 0) is 52.5 Å². The first kappa shape index (κ1) is 15.9. The van der Waals surface area contributed by atoms with E-state index < -0.39 is 11.4 Å². The van der Waals surface area contributed by atoms with E-state index in [2.05, 4.69) is 28.7 Å². The minimum Gasteiger partial charge on any atom is -0.481 e. The molecule has 1 N–H and O–H groups in total. The molecule has 0 bridgehead atoms. The van der Waals surface area contributed by atoms with E-state index in [1.807, 2.05) is 0 Å². The Morgan fingerprint density at radius 3 is 2.90 bits per heavy atom. The Morgan fingerprint density at radius 1 is 1.48 bits per heavy atom. The number of rotatable bonds is 6. The molecule has 1 aliphatic heterocycles. The van der Waals surface area contributed by atoms with Gasteiger partial charge in [0.1, 0.15) is 0 Å². The predicted molar refractivity (Wildman–Crippen MR) is 81.0 cm³/mol. The van der Waals surface area contributed by atoms with Crippen molar-refractivity contribution in [2.45, 2.75) is 52.0 Å². The number of aryl methyl sites for hydroxylation is 1. The Hall–Kier alpha value is -1.49. The molecule has 5 heteroatoms. The third-order valence-electron chi connectivity index (χ3n) is 4.50. The standard InChI is InChI=1S/C16H25N3O2/c1-13(2)19-10-4-7-16(12-19,15(20)21)6-3-5-14-11-17-8-9-18-14/h8-9,11,13H,3-7,10,12H2,1-2H3,(H,20,21). The topological polar surface area (TPSA) is 66.3 Å². The van der Waals surface area contributed by atoms with Crippen LogP contribution >= 0.6 is 0 Å². The molecule has 1 aliphatic rings. The lowest BCUT2D eigenvalue weighted by Crippen LogP contribution is -2.50. The number of hydrogen-bond donors (Lipinski definition) is 1. The molecule has 1 unspecified atom stereocenters. The van der Waals surface area contributed by atoms with Crippen molar-refractivity contribution in [3.05, 3.63) is 24.3 Å². The first-order chi connectivity index (χ1) is 10.0. The number of aromatic nitrogens is 2. The lowest BCUT2D eigenvalue weighted by atomic mass is 9.75. The molecule has 2 rings (SSSR count). The van der Waals surface area contributed by atoms with Gasteiger partial charge in [0.2, 0.25) is 0 Å². The highest BCUT2D eigenvalue weighted by Gasteiger charge is 2.42. The molecular weight excluding hydrogens is 266 g/mol. The highest BCUT2D eigenvalue weighted by atomic mass is 16.4. The van der Waals surface area contributed by atoms with E-state index in [9.17, 15) is 9.90 Å². The first-order valence-corrected chi connectivity index (χ1v) is 7.76. The van der Waals surface area contributed by atoms with Gasteiger partial charge in [-0.2, -0.15) is 0 Å². The number of hydrogen-bond acceptors (Lipinski definition) is 4. The minimum atomic E-state index is -0.646. The number of piperidine rings is 1. The summed E-state index contributed by atoms with van der Waals surface area (Å²) in [5.74, 6) is -0.646. The molecule has 1 aromatic heterocycles. The van der Waals surface area contributed by atoms with Crippen molar-refractivity contribution in [3.8, 4) is 0 Å². The van der Waals surface area contributed by atoms with Crippen LogP contribution in [0.15, 0.2) is 18.6 Å². The molecular formula is C16H25N3O2. The summed E-state index contributed by atoms with van der Waals surface area (Å²) in [4.78, 5) is 22.4. The van der Waals surface area contributed by atoms with Gasteiger partial charge in [0.05, 0.1) is 11.1 Å². The zero-order valence-electron chi connectivity index (χ0n) is 13.0. The van der Waals surface area contributed by atoms with E-state index in [0.29, 0.717) is 19.0 Å². The van der Waals surface area contributed by atoms with Crippen LogP contribution in [0.3, 0.4) is 0 Å². The van der Waals surface area contributed by atoms with Crippen molar-refractivity contribution in [1.82, 2.24) is 14.9 Å². The normalized spacial score (nSPS) is 23.4. The van der Waals surface area contributed by atoms with Gasteiger partial charge < -0.3 is 5.11 Å². The molecule has 0 aromatic carbocycles. The van der Waals surface area contributed by atoms with Crippen LogP contribution in [0.5, 0.6) is 0 Å². The van der Waals surface area contributed by atoms with E-state index in [1.165, 1.54) is 0 Å². The van der Waals surface area contributed by atoms with Gasteiger partial charge >= 0.3 is 5.97 Å². The average molecular weight is 291 g/mol. The summed E-state index contributed by atoms with van der Waals surface area (Å²) >= 11 is 0. The van der Waals surface area contributed by atoms with Crippen LogP contribution in [0.2, 0.25) is 0 Å². The number of nitrogens with zero attached hydrogens (tertiary/aromatic N) is 3. The fraction of sp³-hybridized carbons (Fsp3) is 0.688. The summed E-state index contributed by atoms with van der Waals surface area (Å²) in [5, 5.41) is 9.73. The van der Waals surface area contributed by atoms with Gasteiger partial charge in [0, 0.05) is 31.2 Å². The van der Waals surface area contributed by atoms with Crippen molar-refractivity contribution in [2.24, 2.45) is 5.41 Å². The second-order valence-electron chi connectivity index (χ2n) is 6.30. The van der Waals surface area contributed by atoms with E-state index in [4.69, 9.17) is 0 Å². The monoisotopic (exact) mass is 291 g/mol. The van der Waals surface area contributed by atoms with Crippen LogP contribution in [-0.2, 0) is 11.2 Å². The number of carboxylic acid groups (broad SMARTS) is 1. The van der Waals surface area contributed by atoms with Gasteiger partial charge in [0.15, 0.2) is 0 Å². The van der Waals surface area contributed by atoms with Crippen LogP contribution in [0.4, 0.5) is 0 Å². The van der Waals surface area contributed by atoms with Crippen molar-refractivity contribution in [1.29, 1.82) is 0 Å². The Balaban J connectivity index is 1.97. The Labute approximate surface area is 126 Å². The lowest BCUT2D eigenvalue weighted by molar-refractivity contribution is -0.153. The Kier molecular flexibility index (Phi) is 5.28. The summed E-state index contributed by atoms with van der Waals surface area (Å²) in [6, 6.07) is 0.406. The Morgan fingerprint density at radius 2 is 2.29 bits per heavy atom. The summed E-state index contributed by atoms with van der Waals surface area (Å²) in [6.07, 6.45) is 9.20. The number of aliphatic carboxylic acids is 1. The van der Waals surface area contributed by atoms with Gasteiger partial charge in [-0.25, -0.2) is 0 Å². The van der Waals surface area contributed by atoms with Crippen molar-refractivity contribution >= 4 is 5.97 Å². The molecule has 0 amide bonds. The molecule has 21 heavy (non-hydrogen) atoms. The maximum Gasteiger partial charge on any atom is 0.310 e. The van der Waals surface area contributed by atoms with Crippen molar-refractivity contribution in [2.75, 3.05) is 13.1 Å². The molecule has 0 aliphatic carbocycles. The quantitative estimate of drug-likeness (QED) is 0.871. The highest BCUT2D eigenvalue weighted by molar-refractivity contribution is 5.75.